The zero-order chi connectivity index (χ0) is 24.3. The summed E-state index contributed by atoms with van der Waals surface area (Å²) < 4.78 is 35.0. The van der Waals surface area contributed by atoms with Crippen molar-refractivity contribution in [3.8, 4) is 11.4 Å². The molecule has 0 atom stereocenters. The summed E-state index contributed by atoms with van der Waals surface area (Å²) in [5, 5.41) is 13.2. The largest absolute Gasteiger partial charge is 0.461 e. The van der Waals surface area contributed by atoms with E-state index in [1.54, 1.807) is 48.0 Å². The highest BCUT2D eigenvalue weighted by Gasteiger charge is 2.48. The summed E-state index contributed by atoms with van der Waals surface area (Å²) in [6.45, 7) is 7.45. The number of allylic oxidation sites excluding steroid dienone is 3. The van der Waals surface area contributed by atoms with Crippen molar-refractivity contribution in [2.45, 2.75) is 32.9 Å². The van der Waals surface area contributed by atoms with Crippen LogP contribution in [0.3, 0.4) is 0 Å². The molecule has 4 rings (SSSR count). The molecule has 34 heavy (non-hydrogen) atoms. The molecular weight excluding hydrogens is 462 g/mol. The van der Waals surface area contributed by atoms with E-state index in [1.807, 2.05) is 0 Å². The summed E-state index contributed by atoms with van der Waals surface area (Å²) in [5.74, 6) is -0.486. The van der Waals surface area contributed by atoms with Crippen LogP contribution in [0.25, 0.3) is 16.3 Å². The number of thiazole rings is 1. The molecule has 1 fully saturated rings. The third kappa shape index (κ3) is 4.47. The average molecular weight is 487 g/mol. The standard InChI is InChI=1S/C23H24F2N6O2S/c1-4-6-15(25)20(26-3)23(9-14(24)10-23)13-27-19-8-7-16(29-30-19)17-11-31-18(21(32)33-5-2)12-34-22(31)28-17/h4,6-8,11-12,14H,3,5,9-10,13H2,1-2H3,(H,27,30)/b6-4-,20-15+/t14-,23-. The number of anilines is 1. The first-order valence-corrected chi connectivity index (χ1v) is 11.6. The van der Waals surface area contributed by atoms with Gasteiger partial charge in [-0.2, -0.15) is 0 Å². The van der Waals surface area contributed by atoms with E-state index in [1.165, 1.54) is 17.4 Å². The molecule has 0 unspecified atom stereocenters. The van der Waals surface area contributed by atoms with Crippen LogP contribution in [0.2, 0.25) is 0 Å². The molecule has 1 aliphatic carbocycles. The Labute approximate surface area is 199 Å². The number of aliphatic imine (C=N–C) groups is 1. The van der Waals surface area contributed by atoms with Gasteiger partial charge in [-0.3, -0.25) is 9.39 Å². The third-order valence-corrected chi connectivity index (χ3v) is 6.49. The van der Waals surface area contributed by atoms with E-state index in [0.717, 1.165) is 0 Å². The Kier molecular flexibility index (Phi) is 6.82. The molecule has 0 radical (unpaired) electrons. The quantitative estimate of drug-likeness (QED) is 0.259. The van der Waals surface area contributed by atoms with Gasteiger partial charge in [0.05, 0.1) is 12.3 Å². The van der Waals surface area contributed by atoms with Crippen LogP contribution in [0.4, 0.5) is 14.6 Å². The van der Waals surface area contributed by atoms with Gasteiger partial charge < -0.3 is 10.1 Å². The minimum Gasteiger partial charge on any atom is -0.461 e. The van der Waals surface area contributed by atoms with Gasteiger partial charge in [0, 0.05) is 23.5 Å². The average Bonchev–Trinajstić information content (AvgIpc) is 3.39. The van der Waals surface area contributed by atoms with Gasteiger partial charge in [0.25, 0.3) is 0 Å². The summed E-state index contributed by atoms with van der Waals surface area (Å²) in [7, 11) is 0. The summed E-state index contributed by atoms with van der Waals surface area (Å²) in [4.78, 5) is 21.1. The number of rotatable bonds is 9. The Balaban J connectivity index is 1.50. The van der Waals surface area contributed by atoms with Crippen LogP contribution in [0.15, 0.2) is 52.4 Å². The molecular formula is C23H24F2N6O2S. The van der Waals surface area contributed by atoms with Crippen molar-refractivity contribution in [3.63, 3.8) is 0 Å². The number of nitrogens with zero attached hydrogens (tertiary/aromatic N) is 5. The van der Waals surface area contributed by atoms with E-state index in [4.69, 9.17) is 4.74 Å². The monoisotopic (exact) mass is 486 g/mol. The minimum atomic E-state index is -1.01. The molecule has 0 amide bonds. The number of ether oxygens (including phenoxy) is 1. The molecule has 11 heteroatoms. The van der Waals surface area contributed by atoms with Gasteiger partial charge in [-0.25, -0.2) is 18.6 Å². The predicted molar refractivity (Wildman–Crippen MR) is 128 cm³/mol. The van der Waals surface area contributed by atoms with Crippen molar-refractivity contribution in [1.82, 2.24) is 19.6 Å². The van der Waals surface area contributed by atoms with Crippen molar-refractivity contribution in [2.24, 2.45) is 10.4 Å². The fraction of sp³-hybridized carbons (Fsp3) is 0.348. The summed E-state index contributed by atoms with van der Waals surface area (Å²) in [6, 6.07) is 3.45. The summed E-state index contributed by atoms with van der Waals surface area (Å²) in [5.41, 5.74) is 0.816. The van der Waals surface area contributed by atoms with E-state index >= 15 is 0 Å². The van der Waals surface area contributed by atoms with E-state index < -0.39 is 23.4 Å². The molecule has 0 aliphatic heterocycles. The topological polar surface area (TPSA) is 93.8 Å². The number of halogens is 2. The van der Waals surface area contributed by atoms with Crippen LogP contribution in [-0.4, -0.2) is 51.6 Å². The molecule has 3 heterocycles. The highest BCUT2D eigenvalue weighted by atomic mass is 32.1. The lowest BCUT2D eigenvalue weighted by molar-refractivity contribution is 0.0518. The third-order valence-electron chi connectivity index (χ3n) is 5.65. The lowest BCUT2D eigenvalue weighted by Gasteiger charge is -2.44. The molecule has 1 N–H and O–H groups in total. The lowest BCUT2D eigenvalue weighted by atomic mass is 9.65. The fourth-order valence-corrected chi connectivity index (χ4v) is 4.86. The van der Waals surface area contributed by atoms with E-state index in [0.29, 0.717) is 27.9 Å². The van der Waals surface area contributed by atoms with E-state index in [9.17, 15) is 13.6 Å². The Hall–Kier alpha value is -3.47. The van der Waals surface area contributed by atoms with Crippen LogP contribution < -0.4 is 5.32 Å². The smallest absolute Gasteiger partial charge is 0.356 e. The number of carbonyl (C=O) groups is 1. The van der Waals surface area contributed by atoms with Crippen LogP contribution in [-0.2, 0) is 4.74 Å². The molecule has 8 nitrogen and oxygen atoms in total. The maximum atomic E-state index is 14.5. The second kappa shape index (κ2) is 9.80. The van der Waals surface area contributed by atoms with Crippen LogP contribution in [0.5, 0.6) is 0 Å². The Bertz CT molecular complexity index is 1260. The predicted octanol–water partition coefficient (Wildman–Crippen LogP) is 5.02. The lowest BCUT2D eigenvalue weighted by Crippen LogP contribution is -2.45. The molecule has 3 aromatic heterocycles. The Morgan fingerprint density at radius 2 is 2.21 bits per heavy atom. The summed E-state index contributed by atoms with van der Waals surface area (Å²) >= 11 is 1.32. The number of hydrogen-bond donors (Lipinski definition) is 1. The van der Waals surface area contributed by atoms with E-state index in [-0.39, 0.29) is 31.7 Å². The molecule has 0 saturated heterocycles. The van der Waals surface area contributed by atoms with E-state index in [2.05, 4.69) is 32.2 Å². The fourth-order valence-electron chi connectivity index (χ4n) is 4.01. The molecule has 178 valence electrons. The minimum absolute atomic E-state index is 0.145. The van der Waals surface area contributed by atoms with Crippen LogP contribution >= 0.6 is 11.3 Å². The van der Waals surface area contributed by atoms with Crippen molar-refractivity contribution in [1.29, 1.82) is 0 Å². The normalized spacial score (nSPS) is 20.8. The number of carbonyl (C=O) groups excluding carboxylic acids is 1. The van der Waals surface area contributed by atoms with Crippen molar-refractivity contribution in [3.05, 3.63) is 53.1 Å². The first kappa shape index (κ1) is 23.7. The number of aromatic nitrogens is 4. The zero-order valence-corrected chi connectivity index (χ0v) is 19.6. The number of esters is 1. The second-order valence-corrected chi connectivity index (χ2v) is 8.75. The summed E-state index contributed by atoms with van der Waals surface area (Å²) in [6.07, 6.45) is 3.86. The SMILES string of the molecule is C=N/C(=C(F)\C=C/C)[C@]1(CNc2ccc(-c3cn4c(C(=O)OCC)csc4n3)nn2)C[C@@H](F)C1. The molecule has 3 aromatic rings. The van der Waals surface area contributed by atoms with Crippen molar-refractivity contribution >= 4 is 34.8 Å². The first-order valence-electron chi connectivity index (χ1n) is 10.8. The highest BCUT2D eigenvalue weighted by molar-refractivity contribution is 7.15. The zero-order valence-electron chi connectivity index (χ0n) is 18.8. The van der Waals surface area contributed by atoms with Crippen LogP contribution in [0, 0.1) is 5.41 Å². The number of nitrogens with one attached hydrogen (secondary N) is 1. The second-order valence-electron chi connectivity index (χ2n) is 7.92. The molecule has 0 spiro atoms. The molecule has 1 aliphatic rings. The number of fused-ring (bicyclic) bond motifs is 1. The first-order chi connectivity index (χ1) is 16.4. The van der Waals surface area contributed by atoms with Crippen LogP contribution in [0.1, 0.15) is 37.2 Å². The Morgan fingerprint density at radius 3 is 2.82 bits per heavy atom. The van der Waals surface area contributed by atoms with Gasteiger partial charge in [0.2, 0.25) is 0 Å². The van der Waals surface area contributed by atoms with Gasteiger partial charge in [-0.1, -0.05) is 6.08 Å². The Morgan fingerprint density at radius 1 is 1.41 bits per heavy atom. The number of alkyl halides is 1. The number of hydrogen-bond acceptors (Lipinski definition) is 8. The molecule has 0 aromatic carbocycles. The number of imidazole rings is 1. The van der Waals surface area contributed by atoms with Crippen molar-refractivity contribution in [2.75, 3.05) is 18.5 Å². The highest BCUT2D eigenvalue weighted by Crippen LogP contribution is 2.50. The maximum absolute atomic E-state index is 14.5. The van der Waals surface area contributed by atoms with Gasteiger partial charge in [-0.15, -0.1) is 21.5 Å². The van der Waals surface area contributed by atoms with Gasteiger partial charge >= 0.3 is 5.97 Å². The molecule has 0 bridgehead atoms. The maximum Gasteiger partial charge on any atom is 0.356 e. The molecule has 1 saturated carbocycles. The van der Waals surface area contributed by atoms with Gasteiger partial charge in [0.15, 0.2) is 4.96 Å². The van der Waals surface area contributed by atoms with Gasteiger partial charge in [0.1, 0.15) is 34.9 Å². The van der Waals surface area contributed by atoms with Crippen molar-refractivity contribution < 1.29 is 18.3 Å². The van der Waals surface area contributed by atoms with Gasteiger partial charge in [-0.05, 0) is 51.6 Å².